The Kier molecular flexibility index (Phi) is 18.8. The number of urea groups is 1. The number of hydrogen-bond donors (Lipinski definition) is 3. The maximum Gasteiger partial charge on any atom is 0.325 e. The number of halogens is 2. The lowest BCUT2D eigenvalue weighted by atomic mass is 10.4. The van der Waals surface area contributed by atoms with Crippen LogP contribution in [0.15, 0.2) is 17.2 Å². The molecule has 0 spiro atoms. The van der Waals surface area contributed by atoms with Crippen molar-refractivity contribution >= 4 is 29.2 Å². The van der Waals surface area contributed by atoms with Crippen LogP contribution in [-0.2, 0) is 9.47 Å². The maximum atomic E-state index is 11.2. The zero-order valence-electron chi connectivity index (χ0n) is 17.1. The molecule has 0 aliphatic rings. The summed E-state index contributed by atoms with van der Waals surface area (Å²) in [6, 6.07) is 0.181. The summed E-state index contributed by atoms with van der Waals surface area (Å²) < 4.78 is 12.2. The van der Waals surface area contributed by atoms with Crippen molar-refractivity contribution in [2.45, 2.75) is 59.9 Å². The molecular weight excluding hydrogens is 395 g/mol. The molecule has 0 aromatic carbocycles. The fourth-order valence-corrected chi connectivity index (χ4v) is 1.76. The first-order chi connectivity index (χ1) is 12.7. The van der Waals surface area contributed by atoms with Gasteiger partial charge in [-0.25, -0.2) is 9.59 Å². The van der Waals surface area contributed by atoms with E-state index in [0.717, 1.165) is 0 Å². The molecule has 8 nitrogen and oxygen atoms in total. The number of nitrogens with zero attached hydrogens (tertiary/aromatic N) is 1. The lowest BCUT2D eigenvalue weighted by Crippen LogP contribution is -2.43. The fraction of sp³-hybridized carbons (Fsp3) is 0.765. The quantitative estimate of drug-likeness (QED) is 0.437. The number of ether oxygens (including phenoxy) is 2. The van der Waals surface area contributed by atoms with Gasteiger partial charge in [-0.1, -0.05) is 0 Å². The Morgan fingerprint density at radius 3 is 2.00 bits per heavy atom. The SMILES string of the molecule is CC(C)n1cc[nH]c1=O.CCOC(CNC(=O)NC(C)C)OCC.ClCCl. The molecule has 0 radical (unpaired) electrons. The number of aromatic nitrogens is 2. The molecule has 0 atom stereocenters. The Bertz CT molecular complexity index is 515. The van der Waals surface area contributed by atoms with E-state index in [2.05, 4.69) is 15.6 Å². The summed E-state index contributed by atoms with van der Waals surface area (Å²) in [6.07, 6.45) is 3.02. The predicted octanol–water partition coefficient (Wildman–Crippen LogP) is 3.27. The smallest absolute Gasteiger partial charge is 0.325 e. The van der Waals surface area contributed by atoms with Crippen LogP contribution in [0, 0.1) is 0 Å². The van der Waals surface area contributed by atoms with Gasteiger partial charge in [0.05, 0.1) is 11.9 Å². The van der Waals surface area contributed by atoms with E-state index in [1.165, 1.54) is 0 Å². The molecule has 0 saturated carbocycles. The zero-order chi connectivity index (χ0) is 21.2. The number of nitrogens with one attached hydrogen (secondary N) is 3. The Hall–Kier alpha value is -1.22. The van der Waals surface area contributed by atoms with Gasteiger partial charge in [0.25, 0.3) is 0 Å². The van der Waals surface area contributed by atoms with Gasteiger partial charge >= 0.3 is 11.7 Å². The third-order valence-corrected chi connectivity index (χ3v) is 2.79. The maximum absolute atomic E-state index is 11.2. The van der Waals surface area contributed by atoms with Gasteiger partial charge in [0.2, 0.25) is 0 Å². The Morgan fingerprint density at radius 1 is 1.19 bits per heavy atom. The van der Waals surface area contributed by atoms with Gasteiger partial charge < -0.3 is 25.1 Å². The van der Waals surface area contributed by atoms with Crippen LogP contribution in [0.4, 0.5) is 4.79 Å². The predicted molar refractivity (Wildman–Crippen MR) is 111 cm³/mol. The summed E-state index contributed by atoms with van der Waals surface area (Å²) in [4.78, 5) is 24.6. The number of rotatable bonds is 8. The van der Waals surface area contributed by atoms with Gasteiger partial charge in [0.1, 0.15) is 0 Å². The highest BCUT2D eigenvalue weighted by molar-refractivity contribution is 6.40. The minimum atomic E-state index is -0.363. The van der Waals surface area contributed by atoms with E-state index in [4.69, 9.17) is 32.7 Å². The van der Waals surface area contributed by atoms with E-state index in [-0.39, 0.29) is 35.4 Å². The summed E-state index contributed by atoms with van der Waals surface area (Å²) in [5.74, 6) is 0. The first-order valence-electron chi connectivity index (χ1n) is 8.88. The highest BCUT2D eigenvalue weighted by Gasteiger charge is 2.09. The number of H-pyrrole nitrogens is 1. The lowest BCUT2D eigenvalue weighted by molar-refractivity contribution is -0.131. The molecule has 0 bridgehead atoms. The average Bonchev–Trinajstić information content (AvgIpc) is 3.00. The van der Waals surface area contributed by atoms with Crippen molar-refractivity contribution in [3.63, 3.8) is 0 Å². The minimum Gasteiger partial charge on any atom is -0.351 e. The highest BCUT2D eigenvalue weighted by Crippen LogP contribution is 1.96. The molecule has 3 N–H and O–H groups in total. The van der Waals surface area contributed by atoms with Crippen molar-refractivity contribution in [2.24, 2.45) is 0 Å². The van der Waals surface area contributed by atoms with Gasteiger partial charge in [0, 0.05) is 37.7 Å². The summed E-state index contributed by atoms with van der Waals surface area (Å²) in [5.41, 5.74) is -0.0370. The van der Waals surface area contributed by atoms with Crippen LogP contribution in [0.3, 0.4) is 0 Å². The average molecular weight is 429 g/mol. The van der Waals surface area contributed by atoms with Gasteiger partial charge in [0.15, 0.2) is 6.29 Å². The van der Waals surface area contributed by atoms with Gasteiger partial charge in [-0.3, -0.25) is 4.57 Å². The summed E-state index contributed by atoms with van der Waals surface area (Å²) in [5, 5.41) is 5.60. The van der Waals surface area contributed by atoms with Crippen LogP contribution in [0.1, 0.15) is 47.6 Å². The van der Waals surface area contributed by atoms with Crippen molar-refractivity contribution < 1.29 is 14.3 Å². The number of carbonyl (C=O) groups is 1. The Labute approximate surface area is 171 Å². The molecular formula is C17H34Cl2N4O4. The monoisotopic (exact) mass is 428 g/mol. The lowest BCUT2D eigenvalue weighted by Gasteiger charge is -2.18. The van der Waals surface area contributed by atoms with E-state index in [1.807, 2.05) is 41.5 Å². The number of imidazole rings is 1. The molecule has 0 unspecified atom stereocenters. The number of hydrogen-bond acceptors (Lipinski definition) is 4. The molecule has 0 aliphatic carbocycles. The first kappa shape index (κ1) is 28.0. The van der Waals surface area contributed by atoms with Crippen LogP contribution in [-0.4, -0.2) is 53.0 Å². The van der Waals surface area contributed by atoms with E-state index in [0.29, 0.717) is 19.8 Å². The second kappa shape index (κ2) is 18.2. The first-order valence-corrected chi connectivity index (χ1v) is 9.95. The number of amides is 2. The number of alkyl halides is 2. The molecule has 1 heterocycles. The fourth-order valence-electron chi connectivity index (χ4n) is 1.76. The molecule has 2 amide bonds. The molecule has 1 aromatic rings. The normalized spacial score (nSPS) is 10.2. The zero-order valence-corrected chi connectivity index (χ0v) is 18.6. The molecule has 27 heavy (non-hydrogen) atoms. The second-order valence-electron chi connectivity index (χ2n) is 5.72. The number of aromatic amines is 1. The summed E-state index contributed by atoms with van der Waals surface area (Å²) in [6.45, 7) is 13.0. The van der Waals surface area contributed by atoms with Crippen LogP contribution < -0.4 is 16.3 Å². The van der Waals surface area contributed by atoms with E-state index < -0.39 is 0 Å². The van der Waals surface area contributed by atoms with Gasteiger partial charge in [-0.05, 0) is 41.5 Å². The molecule has 1 rings (SSSR count). The third kappa shape index (κ3) is 16.7. The van der Waals surface area contributed by atoms with E-state index in [1.54, 1.807) is 17.0 Å². The van der Waals surface area contributed by atoms with Crippen molar-refractivity contribution in [1.82, 2.24) is 20.2 Å². The van der Waals surface area contributed by atoms with E-state index >= 15 is 0 Å². The van der Waals surface area contributed by atoms with Crippen LogP contribution in [0.2, 0.25) is 0 Å². The van der Waals surface area contributed by atoms with Crippen LogP contribution in [0.5, 0.6) is 0 Å². The molecule has 160 valence electrons. The van der Waals surface area contributed by atoms with Crippen LogP contribution >= 0.6 is 23.2 Å². The van der Waals surface area contributed by atoms with E-state index in [9.17, 15) is 9.59 Å². The number of carbonyl (C=O) groups excluding carboxylic acids is 1. The van der Waals surface area contributed by atoms with Crippen LogP contribution in [0.25, 0.3) is 0 Å². The standard InChI is InChI=1S/C10H22N2O3.C6H10N2O.CH2Cl2/c1-5-14-9(15-6-2)7-11-10(13)12-8(3)4;1-5(2)8-4-3-7-6(8)9;2-1-3/h8-9H,5-7H2,1-4H3,(H2,11,12,13);3-5H,1-2H3,(H,7,9);1H2. The summed E-state index contributed by atoms with van der Waals surface area (Å²) in [7, 11) is 0. The largest absolute Gasteiger partial charge is 0.351 e. The Morgan fingerprint density at radius 2 is 1.70 bits per heavy atom. The van der Waals surface area contributed by atoms with Crippen molar-refractivity contribution in [1.29, 1.82) is 0 Å². The summed E-state index contributed by atoms with van der Waals surface area (Å²) >= 11 is 9.53. The third-order valence-electron chi connectivity index (χ3n) is 2.79. The Balaban J connectivity index is 0. The molecule has 0 saturated heterocycles. The topological polar surface area (TPSA) is 97.4 Å². The van der Waals surface area contributed by atoms with Crippen molar-refractivity contribution in [3.05, 3.63) is 22.9 Å². The van der Waals surface area contributed by atoms with Crippen molar-refractivity contribution in [3.8, 4) is 0 Å². The van der Waals surface area contributed by atoms with Gasteiger partial charge in [-0.15, -0.1) is 23.2 Å². The second-order valence-corrected chi connectivity index (χ2v) is 6.52. The van der Waals surface area contributed by atoms with Gasteiger partial charge in [-0.2, -0.15) is 0 Å². The minimum absolute atomic E-state index is 0.0370. The molecule has 1 aromatic heterocycles. The molecule has 0 aliphatic heterocycles. The molecule has 0 fully saturated rings. The highest BCUT2D eigenvalue weighted by atomic mass is 35.5. The van der Waals surface area contributed by atoms with Crippen molar-refractivity contribution in [2.75, 3.05) is 25.1 Å². The molecule has 10 heteroatoms.